The number of carbonyl (C=O) groups is 1. The van der Waals surface area contributed by atoms with E-state index in [4.69, 9.17) is 9.84 Å². The van der Waals surface area contributed by atoms with Gasteiger partial charge in [0.25, 0.3) is 0 Å². The maximum atomic E-state index is 10.6. The van der Waals surface area contributed by atoms with Crippen molar-refractivity contribution in [2.24, 2.45) is 5.92 Å². The minimum absolute atomic E-state index is 0.0198. The van der Waals surface area contributed by atoms with Gasteiger partial charge in [0.1, 0.15) is 5.82 Å². The van der Waals surface area contributed by atoms with Gasteiger partial charge in [0.05, 0.1) is 5.75 Å². The van der Waals surface area contributed by atoms with Crippen LogP contribution >= 0.6 is 11.8 Å². The highest BCUT2D eigenvalue weighted by Crippen LogP contribution is 2.22. The fourth-order valence-corrected chi connectivity index (χ4v) is 2.71. The van der Waals surface area contributed by atoms with E-state index in [9.17, 15) is 4.79 Å². The predicted molar refractivity (Wildman–Crippen MR) is 66.7 cm³/mol. The number of carboxylic acids is 1. The summed E-state index contributed by atoms with van der Waals surface area (Å²) in [5, 5.41) is 17.5. The minimum Gasteiger partial charge on any atom is -0.481 e. The van der Waals surface area contributed by atoms with Crippen molar-refractivity contribution in [3.05, 3.63) is 5.82 Å². The third kappa shape index (κ3) is 3.46. The first-order valence-electron chi connectivity index (χ1n) is 5.99. The molecule has 0 aliphatic carbocycles. The highest BCUT2D eigenvalue weighted by Gasteiger charge is 2.18. The van der Waals surface area contributed by atoms with E-state index in [0.29, 0.717) is 11.1 Å². The van der Waals surface area contributed by atoms with Crippen molar-refractivity contribution in [2.75, 3.05) is 19.0 Å². The quantitative estimate of drug-likeness (QED) is 0.811. The molecule has 100 valence electrons. The lowest BCUT2D eigenvalue weighted by atomic mass is 10.0. The molecule has 0 atom stereocenters. The first kappa shape index (κ1) is 13.4. The third-order valence-electron chi connectivity index (χ3n) is 3.01. The number of thioether (sulfide) groups is 1. The van der Waals surface area contributed by atoms with Crippen LogP contribution in [-0.4, -0.2) is 44.8 Å². The van der Waals surface area contributed by atoms with Gasteiger partial charge in [-0.3, -0.25) is 4.79 Å². The van der Waals surface area contributed by atoms with Gasteiger partial charge in [-0.1, -0.05) is 11.8 Å². The van der Waals surface area contributed by atoms with Gasteiger partial charge >= 0.3 is 5.97 Å². The summed E-state index contributed by atoms with van der Waals surface area (Å²) in [6, 6.07) is 0. The Morgan fingerprint density at radius 1 is 1.50 bits per heavy atom. The number of ether oxygens (including phenoxy) is 1. The Labute approximate surface area is 110 Å². The topological polar surface area (TPSA) is 77.2 Å². The Hall–Kier alpha value is -1.08. The number of hydrogen-bond acceptors (Lipinski definition) is 5. The van der Waals surface area contributed by atoms with Crippen LogP contribution in [0.4, 0.5) is 0 Å². The van der Waals surface area contributed by atoms with Crippen molar-refractivity contribution in [1.82, 2.24) is 14.8 Å². The Bertz CT molecular complexity index is 416. The number of aliphatic carboxylic acids is 1. The maximum Gasteiger partial charge on any atom is 0.313 e. The summed E-state index contributed by atoms with van der Waals surface area (Å²) < 4.78 is 7.35. The SMILES string of the molecule is Cc1nnc(SCC(=O)O)n1CC1CCOCC1. The van der Waals surface area contributed by atoms with Crippen LogP contribution in [0.1, 0.15) is 18.7 Å². The van der Waals surface area contributed by atoms with Gasteiger partial charge in [-0.15, -0.1) is 10.2 Å². The summed E-state index contributed by atoms with van der Waals surface area (Å²) in [4.78, 5) is 10.6. The van der Waals surface area contributed by atoms with Gasteiger partial charge in [-0.2, -0.15) is 0 Å². The Morgan fingerprint density at radius 3 is 2.89 bits per heavy atom. The Balaban J connectivity index is 2.01. The summed E-state index contributed by atoms with van der Waals surface area (Å²) in [6.07, 6.45) is 2.08. The van der Waals surface area contributed by atoms with Gasteiger partial charge in [-0.25, -0.2) is 0 Å². The first-order chi connectivity index (χ1) is 8.66. The summed E-state index contributed by atoms with van der Waals surface area (Å²) in [7, 11) is 0. The van der Waals surface area contributed by atoms with E-state index in [1.54, 1.807) is 0 Å². The Morgan fingerprint density at radius 2 is 2.22 bits per heavy atom. The van der Waals surface area contributed by atoms with Gasteiger partial charge in [0.2, 0.25) is 0 Å². The zero-order valence-corrected chi connectivity index (χ0v) is 11.2. The van der Waals surface area contributed by atoms with Crippen molar-refractivity contribution >= 4 is 17.7 Å². The predicted octanol–water partition coefficient (Wildman–Crippen LogP) is 1.19. The molecule has 1 aliphatic heterocycles. The second-order valence-corrected chi connectivity index (χ2v) is 5.32. The summed E-state index contributed by atoms with van der Waals surface area (Å²) in [6.45, 7) is 4.37. The molecule has 1 fully saturated rings. The van der Waals surface area contributed by atoms with Gasteiger partial charge in [-0.05, 0) is 25.7 Å². The molecule has 7 heteroatoms. The van der Waals surface area contributed by atoms with Crippen LogP contribution in [0.2, 0.25) is 0 Å². The van der Waals surface area contributed by atoms with E-state index >= 15 is 0 Å². The van der Waals surface area contributed by atoms with E-state index in [-0.39, 0.29) is 5.75 Å². The van der Waals surface area contributed by atoms with Crippen LogP contribution in [0.5, 0.6) is 0 Å². The number of aromatic nitrogens is 3. The zero-order chi connectivity index (χ0) is 13.0. The molecule has 0 spiro atoms. The smallest absolute Gasteiger partial charge is 0.313 e. The molecule has 6 nitrogen and oxygen atoms in total. The van der Waals surface area contributed by atoms with E-state index in [1.165, 1.54) is 11.8 Å². The molecule has 0 aromatic carbocycles. The molecule has 1 aromatic rings. The lowest BCUT2D eigenvalue weighted by Gasteiger charge is -2.23. The molecule has 0 unspecified atom stereocenters. The lowest BCUT2D eigenvalue weighted by Crippen LogP contribution is -2.21. The van der Waals surface area contributed by atoms with E-state index in [2.05, 4.69) is 10.2 Å². The van der Waals surface area contributed by atoms with E-state index in [0.717, 1.165) is 38.4 Å². The van der Waals surface area contributed by atoms with Gasteiger partial charge in [0, 0.05) is 19.8 Å². The number of nitrogens with zero attached hydrogens (tertiary/aromatic N) is 3. The van der Waals surface area contributed by atoms with Crippen molar-refractivity contribution in [1.29, 1.82) is 0 Å². The second kappa shape index (κ2) is 6.19. The van der Waals surface area contributed by atoms with E-state index in [1.807, 2.05) is 11.5 Å². The molecule has 0 bridgehead atoms. The average Bonchev–Trinajstić information content (AvgIpc) is 2.70. The Kier molecular flexibility index (Phi) is 4.60. The molecule has 2 rings (SSSR count). The van der Waals surface area contributed by atoms with Gasteiger partial charge < -0.3 is 14.4 Å². The van der Waals surface area contributed by atoms with Crippen molar-refractivity contribution < 1.29 is 14.6 Å². The largest absolute Gasteiger partial charge is 0.481 e. The zero-order valence-electron chi connectivity index (χ0n) is 10.3. The van der Waals surface area contributed by atoms with Crippen molar-refractivity contribution in [2.45, 2.75) is 31.5 Å². The summed E-state index contributed by atoms with van der Waals surface area (Å²) >= 11 is 1.22. The minimum atomic E-state index is -0.835. The number of carboxylic acid groups (broad SMARTS) is 1. The molecule has 1 saturated heterocycles. The van der Waals surface area contributed by atoms with Crippen LogP contribution in [0, 0.1) is 12.8 Å². The third-order valence-corrected chi connectivity index (χ3v) is 3.96. The molecule has 1 aliphatic rings. The molecule has 18 heavy (non-hydrogen) atoms. The highest BCUT2D eigenvalue weighted by molar-refractivity contribution is 7.99. The van der Waals surface area contributed by atoms with Crippen molar-refractivity contribution in [3.8, 4) is 0 Å². The van der Waals surface area contributed by atoms with Crippen LogP contribution in [0.15, 0.2) is 5.16 Å². The van der Waals surface area contributed by atoms with Crippen LogP contribution in [-0.2, 0) is 16.1 Å². The molecular formula is C11H17N3O3S. The standard InChI is InChI=1S/C11H17N3O3S/c1-8-12-13-11(18-7-10(15)16)14(8)6-9-2-4-17-5-3-9/h9H,2-7H2,1H3,(H,15,16). The average molecular weight is 271 g/mol. The molecule has 1 aromatic heterocycles. The fourth-order valence-electron chi connectivity index (χ4n) is 1.99. The molecular weight excluding hydrogens is 254 g/mol. The molecule has 0 saturated carbocycles. The number of hydrogen-bond donors (Lipinski definition) is 1. The molecule has 0 amide bonds. The lowest BCUT2D eigenvalue weighted by molar-refractivity contribution is -0.133. The van der Waals surface area contributed by atoms with Crippen molar-refractivity contribution in [3.63, 3.8) is 0 Å². The molecule has 0 radical (unpaired) electrons. The monoisotopic (exact) mass is 271 g/mol. The highest BCUT2D eigenvalue weighted by atomic mass is 32.2. The van der Waals surface area contributed by atoms with E-state index < -0.39 is 5.97 Å². The molecule has 2 heterocycles. The summed E-state index contributed by atoms with van der Waals surface area (Å²) in [5.74, 6) is 0.594. The second-order valence-electron chi connectivity index (χ2n) is 4.38. The number of aryl methyl sites for hydroxylation is 1. The first-order valence-corrected chi connectivity index (χ1v) is 6.97. The molecule has 1 N–H and O–H groups in total. The maximum absolute atomic E-state index is 10.6. The van der Waals surface area contributed by atoms with Crippen LogP contribution < -0.4 is 0 Å². The van der Waals surface area contributed by atoms with Crippen LogP contribution in [0.3, 0.4) is 0 Å². The van der Waals surface area contributed by atoms with Gasteiger partial charge in [0.15, 0.2) is 5.16 Å². The normalized spacial score (nSPS) is 16.9. The number of rotatable bonds is 5. The fraction of sp³-hybridized carbons (Fsp3) is 0.727. The summed E-state index contributed by atoms with van der Waals surface area (Å²) in [5.41, 5.74) is 0. The van der Waals surface area contributed by atoms with Crippen LogP contribution in [0.25, 0.3) is 0 Å².